The van der Waals surface area contributed by atoms with Crippen LogP contribution in [0.4, 0.5) is 0 Å². The number of nitrogens with one attached hydrogen (secondary N) is 1. The maximum absolute atomic E-state index is 11.2. The number of primary amides is 1. The zero-order valence-corrected chi connectivity index (χ0v) is 12.6. The van der Waals surface area contributed by atoms with Gasteiger partial charge in [0, 0.05) is 17.8 Å². The molecule has 20 heavy (non-hydrogen) atoms. The van der Waals surface area contributed by atoms with E-state index in [1.807, 2.05) is 12.1 Å². The lowest BCUT2D eigenvalue weighted by atomic mass is 10.2. The van der Waals surface area contributed by atoms with Crippen molar-refractivity contribution in [2.24, 2.45) is 5.73 Å². The average molecular weight is 333 g/mol. The van der Waals surface area contributed by atoms with Gasteiger partial charge in [-0.25, -0.2) is 0 Å². The highest BCUT2D eigenvalue weighted by molar-refractivity contribution is 6.31. The number of pyridine rings is 1. The highest BCUT2D eigenvalue weighted by Gasteiger charge is 2.08. The molecule has 2 aromatic rings. The van der Waals surface area contributed by atoms with Gasteiger partial charge in [0.1, 0.15) is 5.49 Å². The van der Waals surface area contributed by atoms with Crippen LogP contribution >= 0.6 is 35.6 Å². The lowest BCUT2D eigenvalue weighted by Gasteiger charge is -2.10. The Labute approximate surface area is 132 Å². The Morgan fingerprint density at radius 2 is 1.95 bits per heavy atom. The second kappa shape index (κ2) is 6.79. The van der Waals surface area contributed by atoms with Gasteiger partial charge in [0.2, 0.25) is 0 Å². The second-order valence-electron chi connectivity index (χ2n) is 4.04. The van der Waals surface area contributed by atoms with Gasteiger partial charge in [-0.3, -0.25) is 10.2 Å². The van der Waals surface area contributed by atoms with Gasteiger partial charge in [0.15, 0.2) is 0 Å². The van der Waals surface area contributed by atoms with Crippen molar-refractivity contribution in [3.63, 3.8) is 0 Å². The minimum Gasteiger partial charge on any atom is -0.365 e. The SMILES string of the molecule is Cl.N=c1c(C(N)=O)cc(Cl)cn1Cc1cccc(Cl)c1. The van der Waals surface area contributed by atoms with Crippen LogP contribution in [0.2, 0.25) is 10.0 Å². The first-order valence-electron chi connectivity index (χ1n) is 5.46. The van der Waals surface area contributed by atoms with Crippen molar-refractivity contribution in [1.82, 2.24) is 4.57 Å². The number of amides is 1. The monoisotopic (exact) mass is 331 g/mol. The molecule has 3 N–H and O–H groups in total. The van der Waals surface area contributed by atoms with Crippen molar-refractivity contribution in [2.45, 2.75) is 6.54 Å². The van der Waals surface area contributed by atoms with E-state index in [0.717, 1.165) is 5.56 Å². The van der Waals surface area contributed by atoms with Crippen molar-refractivity contribution in [2.75, 3.05) is 0 Å². The van der Waals surface area contributed by atoms with Crippen LogP contribution in [0, 0.1) is 5.41 Å². The van der Waals surface area contributed by atoms with Crippen molar-refractivity contribution in [3.8, 4) is 0 Å². The molecule has 106 valence electrons. The molecule has 0 aliphatic carbocycles. The summed E-state index contributed by atoms with van der Waals surface area (Å²) in [6.07, 6.45) is 1.58. The molecule has 0 radical (unpaired) electrons. The fourth-order valence-electron chi connectivity index (χ4n) is 1.76. The summed E-state index contributed by atoms with van der Waals surface area (Å²) in [6.45, 7) is 0.389. The van der Waals surface area contributed by atoms with Crippen LogP contribution in [-0.2, 0) is 6.54 Å². The van der Waals surface area contributed by atoms with Gasteiger partial charge in [0.05, 0.1) is 10.6 Å². The van der Waals surface area contributed by atoms with Crippen LogP contribution < -0.4 is 11.2 Å². The smallest absolute Gasteiger partial charge is 0.252 e. The third kappa shape index (κ3) is 3.76. The Morgan fingerprint density at radius 3 is 2.55 bits per heavy atom. The number of halogens is 3. The van der Waals surface area contributed by atoms with E-state index in [1.165, 1.54) is 6.07 Å². The van der Waals surface area contributed by atoms with Gasteiger partial charge in [-0.05, 0) is 23.8 Å². The first kappa shape index (κ1) is 16.6. The molecule has 7 heteroatoms. The number of carbonyl (C=O) groups is 1. The molecular weight excluding hydrogens is 321 g/mol. The fourth-order valence-corrected chi connectivity index (χ4v) is 2.20. The lowest BCUT2D eigenvalue weighted by Crippen LogP contribution is -2.29. The molecule has 1 aromatic carbocycles. The highest BCUT2D eigenvalue weighted by Crippen LogP contribution is 2.13. The molecule has 1 heterocycles. The molecule has 0 spiro atoms. The minimum atomic E-state index is -0.674. The van der Waals surface area contributed by atoms with E-state index in [4.69, 9.17) is 34.3 Å². The Bertz CT molecular complexity index is 698. The molecule has 0 saturated heterocycles. The summed E-state index contributed by atoms with van der Waals surface area (Å²) < 4.78 is 1.55. The highest BCUT2D eigenvalue weighted by atomic mass is 35.5. The molecule has 0 bridgehead atoms. The molecule has 1 aromatic heterocycles. The normalized spacial score (nSPS) is 9.90. The Balaban J connectivity index is 0.00000200. The van der Waals surface area contributed by atoms with E-state index in [2.05, 4.69) is 0 Å². The van der Waals surface area contributed by atoms with Gasteiger partial charge in [-0.15, -0.1) is 12.4 Å². The topological polar surface area (TPSA) is 71.9 Å². The van der Waals surface area contributed by atoms with Crippen LogP contribution in [0.3, 0.4) is 0 Å². The third-order valence-corrected chi connectivity index (χ3v) is 3.05. The van der Waals surface area contributed by atoms with Crippen LogP contribution in [0.15, 0.2) is 36.5 Å². The van der Waals surface area contributed by atoms with E-state index in [9.17, 15) is 4.79 Å². The number of carbonyl (C=O) groups excluding carboxylic acids is 1. The molecule has 0 atom stereocenters. The number of hydrogen-bond donors (Lipinski definition) is 2. The Morgan fingerprint density at radius 1 is 1.25 bits per heavy atom. The van der Waals surface area contributed by atoms with Crippen LogP contribution in [-0.4, -0.2) is 10.5 Å². The molecule has 2 rings (SSSR count). The molecule has 0 fully saturated rings. The fraction of sp³-hybridized carbons (Fsp3) is 0.0769. The lowest BCUT2D eigenvalue weighted by molar-refractivity contribution is 0.0998. The van der Waals surface area contributed by atoms with E-state index >= 15 is 0 Å². The molecule has 0 saturated carbocycles. The quantitative estimate of drug-likeness (QED) is 0.891. The summed E-state index contributed by atoms with van der Waals surface area (Å²) in [5.74, 6) is -0.674. The molecule has 1 amide bonds. The van der Waals surface area contributed by atoms with Crippen molar-refractivity contribution in [3.05, 3.63) is 63.2 Å². The van der Waals surface area contributed by atoms with E-state index in [1.54, 1.807) is 22.9 Å². The van der Waals surface area contributed by atoms with Crippen molar-refractivity contribution >= 4 is 41.5 Å². The summed E-state index contributed by atoms with van der Waals surface area (Å²) >= 11 is 11.8. The third-order valence-electron chi connectivity index (χ3n) is 2.61. The summed E-state index contributed by atoms with van der Waals surface area (Å²) in [7, 11) is 0. The Kier molecular flexibility index (Phi) is 5.62. The summed E-state index contributed by atoms with van der Waals surface area (Å²) in [5.41, 5.74) is 6.24. The second-order valence-corrected chi connectivity index (χ2v) is 4.92. The van der Waals surface area contributed by atoms with Gasteiger partial charge < -0.3 is 10.3 Å². The molecule has 0 aliphatic heterocycles. The van der Waals surface area contributed by atoms with Gasteiger partial charge in [-0.1, -0.05) is 35.3 Å². The van der Waals surface area contributed by atoms with Crippen LogP contribution in [0.5, 0.6) is 0 Å². The van der Waals surface area contributed by atoms with Gasteiger partial charge in [-0.2, -0.15) is 0 Å². The average Bonchev–Trinajstić information content (AvgIpc) is 2.33. The summed E-state index contributed by atoms with van der Waals surface area (Å²) in [6, 6.07) is 8.65. The van der Waals surface area contributed by atoms with Gasteiger partial charge in [0.25, 0.3) is 5.91 Å². The zero-order chi connectivity index (χ0) is 14.0. The number of benzene rings is 1. The number of hydrogen-bond acceptors (Lipinski definition) is 2. The molecule has 0 unspecified atom stereocenters. The Hall–Kier alpha value is -1.49. The standard InChI is InChI=1S/C13H11Cl2N3O.ClH/c14-9-3-1-2-8(4-9)6-18-7-10(15)5-11(12(18)16)13(17)19;/h1-5,7,16H,6H2,(H2,17,19);1H. The molecule has 0 aliphatic rings. The van der Waals surface area contributed by atoms with Crippen molar-refractivity contribution < 1.29 is 4.79 Å². The molecular formula is C13H12Cl3N3O. The van der Waals surface area contributed by atoms with Crippen LogP contribution in [0.1, 0.15) is 15.9 Å². The summed E-state index contributed by atoms with van der Waals surface area (Å²) in [4.78, 5) is 11.2. The van der Waals surface area contributed by atoms with Crippen LogP contribution in [0.25, 0.3) is 0 Å². The minimum absolute atomic E-state index is 0. The van der Waals surface area contributed by atoms with E-state index in [0.29, 0.717) is 16.6 Å². The number of aromatic nitrogens is 1. The van der Waals surface area contributed by atoms with E-state index < -0.39 is 5.91 Å². The maximum atomic E-state index is 11.2. The number of nitrogens with two attached hydrogens (primary N) is 1. The summed E-state index contributed by atoms with van der Waals surface area (Å²) in [5, 5.41) is 8.91. The first-order chi connectivity index (χ1) is 8.97. The molecule has 4 nitrogen and oxygen atoms in total. The predicted octanol–water partition coefficient (Wildman–Crippen LogP) is 2.84. The zero-order valence-electron chi connectivity index (χ0n) is 10.3. The predicted molar refractivity (Wildman–Crippen MR) is 81.6 cm³/mol. The number of nitrogens with zero attached hydrogens (tertiary/aromatic N) is 1. The maximum Gasteiger partial charge on any atom is 0.252 e. The largest absolute Gasteiger partial charge is 0.365 e. The first-order valence-corrected chi connectivity index (χ1v) is 6.22. The van der Waals surface area contributed by atoms with Crippen molar-refractivity contribution in [1.29, 1.82) is 5.41 Å². The van der Waals surface area contributed by atoms with E-state index in [-0.39, 0.29) is 23.5 Å². The number of rotatable bonds is 3. The van der Waals surface area contributed by atoms with Gasteiger partial charge >= 0.3 is 0 Å².